The van der Waals surface area contributed by atoms with Crippen LogP contribution in [0.2, 0.25) is 0 Å². The van der Waals surface area contributed by atoms with Crippen molar-refractivity contribution in [3.05, 3.63) is 35.4 Å². The Labute approximate surface area is 162 Å². The van der Waals surface area contributed by atoms with Crippen LogP contribution in [0.4, 0.5) is 0 Å². The van der Waals surface area contributed by atoms with Crippen LogP contribution in [0.15, 0.2) is 24.3 Å². The van der Waals surface area contributed by atoms with E-state index in [1.165, 1.54) is 56.9 Å². The fourth-order valence-electron chi connectivity index (χ4n) is 5.07. The molecule has 0 bridgehead atoms. The second-order valence-electron chi connectivity index (χ2n) is 8.16. The van der Waals surface area contributed by atoms with Crippen molar-refractivity contribution in [1.29, 1.82) is 0 Å². The Bertz CT molecular complexity index is 558. The molecule has 1 N–H and O–H groups in total. The Balaban J connectivity index is 0.00000182. The van der Waals surface area contributed by atoms with Crippen molar-refractivity contribution in [3.63, 3.8) is 0 Å². The number of fused-ring (bicyclic) bond motifs is 1. The number of aliphatic hydroxyl groups is 1. The van der Waals surface area contributed by atoms with Crippen molar-refractivity contribution in [1.82, 2.24) is 4.90 Å². The number of ether oxygens (including phenoxy) is 1. The molecule has 140 valence electrons. The normalized spacial score (nSPS) is 34.2. The van der Waals surface area contributed by atoms with Gasteiger partial charge in [-0.05, 0) is 44.2 Å². The number of likely N-dealkylation sites (N-methyl/N-ethyl adjacent to an activating group) is 1. The maximum atomic E-state index is 11.2. The third kappa shape index (κ3) is 3.97. The van der Waals surface area contributed by atoms with Gasteiger partial charge in [0.05, 0.1) is 12.6 Å². The second-order valence-corrected chi connectivity index (χ2v) is 8.16. The molecule has 3 nitrogen and oxygen atoms in total. The first-order valence-electron chi connectivity index (χ1n) is 9.86. The Hall–Kier alpha value is -0.420. The van der Waals surface area contributed by atoms with E-state index in [1.807, 2.05) is 0 Å². The zero-order valence-corrected chi connectivity index (χ0v) is 17.0. The predicted octanol–water partition coefficient (Wildman–Crippen LogP) is 4.73. The molecule has 0 amide bonds. The highest BCUT2D eigenvalue weighted by atomic mass is 79.9. The molecule has 4 heteroatoms. The van der Waals surface area contributed by atoms with E-state index in [0.29, 0.717) is 18.5 Å². The molecular weight excluding hydrogens is 378 g/mol. The van der Waals surface area contributed by atoms with Gasteiger partial charge in [-0.1, -0.05) is 56.4 Å². The van der Waals surface area contributed by atoms with Crippen molar-refractivity contribution in [2.45, 2.75) is 81.6 Å². The summed E-state index contributed by atoms with van der Waals surface area (Å²) in [7, 11) is 2.13. The van der Waals surface area contributed by atoms with Crippen LogP contribution in [0, 0.1) is 0 Å². The smallest absolute Gasteiger partial charge is 0.205 e. The highest BCUT2D eigenvalue weighted by Gasteiger charge is 2.45. The molecule has 1 aromatic carbocycles. The molecule has 3 atom stereocenters. The lowest BCUT2D eigenvalue weighted by Crippen LogP contribution is -2.59. The first-order valence-corrected chi connectivity index (χ1v) is 9.86. The van der Waals surface area contributed by atoms with Crippen molar-refractivity contribution in [3.8, 4) is 0 Å². The minimum atomic E-state index is -1.15. The van der Waals surface area contributed by atoms with Crippen LogP contribution >= 0.6 is 17.0 Å². The molecule has 3 aliphatic rings. The molecule has 4 rings (SSSR count). The van der Waals surface area contributed by atoms with Gasteiger partial charge in [0, 0.05) is 11.6 Å². The van der Waals surface area contributed by atoms with Crippen molar-refractivity contribution in [2.75, 3.05) is 13.6 Å². The maximum Gasteiger partial charge on any atom is 0.205 e. The Morgan fingerprint density at radius 2 is 1.60 bits per heavy atom. The van der Waals surface area contributed by atoms with E-state index in [2.05, 4.69) is 36.2 Å². The number of nitrogens with zero attached hydrogens (tertiary/aromatic N) is 1. The molecule has 1 aliphatic heterocycles. The fraction of sp³-hybridized carbons (Fsp3) is 0.714. The van der Waals surface area contributed by atoms with E-state index < -0.39 is 5.79 Å². The summed E-state index contributed by atoms with van der Waals surface area (Å²) in [6.07, 6.45) is 11.6. The van der Waals surface area contributed by atoms with Crippen LogP contribution in [-0.4, -0.2) is 35.7 Å². The molecule has 2 aliphatic carbocycles. The van der Waals surface area contributed by atoms with E-state index in [0.717, 1.165) is 12.0 Å². The number of halogens is 1. The molecule has 0 aromatic heterocycles. The van der Waals surface area contributed by atoms with Gasteiger partial charge in [0.15, 0.2) is 0 Å². The molecule has 1 saturated heterocycles. The Morgan fingerprint density at radius 1 is 0.960 bits per heavy atom. The van der Waals surface area contributed by atoms with E-state index in [4.69, 9.17) is 4.74 Å². The molecule has 0 radical (unpaired) electrons. The quantitative estimate of drug-likeness (QED) is 0.765. The topological polar surface area (TPSA) is 32.7 Å². The van der Waals surface area contributed by atoms with E-state index in [-0.39, 0.29) is 23.1 Å². The van der Waals surface area contributed by atoms with Gasteiger partial charge in [-0.25, -0.2) is 0 Å². The zero-order chi connectivity index (χ0) is 16.6. The molecule has 3 fully saturated rings. The lowest BCUT2D eigenvalue weighted by atomic mass is 9.83. The highest BCUT2D eigenvalue weighted by Crippen LogP contribution is 2.39. The molecule has 3 unspecified atom stereocenters. The summed E-state index contributed by atoms with van der Waals surface area (Å²) in [5.41, 5.74) is 2.35. The van der Waals surface area contributed by atoms with Gasteiger partial charge in [0.25, 0.3) is 0 Å². The minimum absolute atomic E-state index is 0. The number of benzene rings is 1. The van der Waals surface area contributed by atoms with Gasteiger partial charge in [0.1, 0.15) is 0 Å². The summed E-state index contributed by atoms with van der Waals surface area (Å²) in [4.78, 5) is 2.31. The zero-order valence-electron chi connectivity index (χ0n) is 15.3. The molecule has 2 saturated carbocycles. The average molecular weight is 410 g/mol. The van der Waals surface area contributed by atoms with E-state index in [9.17, 15) is 5.11 Å². The van der Waals surface area contributed by atoms with Crippen LogP contribution < -0.4 is 0 Å². The van der Waals surface area contributed by atoms with Crippen LogP contribution in [-0.2, 0) is 10.5 Å². The Morgan fingerprint density at radius 3 is 2.32 bits per heavy atom. The van der Waals surface area contributed by atoms with E-state index >= 15 is 0 Å². The standard InChI is InChI=1S/C21H31NO2.BrH/c1-22-15-21(23,24-20-10-6-5-9-19(20)22)18-13-11-17(12-14-18)16-7-3-2-4-8-16;/h11-14,16,19-20,23H,2-10,15H2,1H3;1H. The average Bonchev–Trinajstić information content (AvgIpc) is 2.62. The number of hydrogen-bond donors (Lipinski definition) is 1. The van der Waals surface area contributed by atoms with Crippen LogP contribution in [0.1, 0.15) is 74.8 Å². The lowest BCUT2D eigenvalue weighted by molar-refractivity contribution is -0.293. The molecular formula is C21H32BrNO2. The fourth-order valence-corrected chi connectivity index (χ4v) is 5.07. The number of morpholine rings is 1. The van der Waals surface area contributed by atoms with Gasteiger partial charge in [-0.3, -0.25) is 4.90 Å². The largest absolute Gasteiger partial charge is 0.361 e. The third-order valence-corrected chi connectivity index (χ3v) is 6.48. The summed E-state index contributed by atoms with van der Waals surface area (Å²) in [5.74, 6) is -0.446. The first-order chi connectivity index (χ1) is 11.7. The summed E-state index contributed by atoms with van der Waals surface area (Å²) >= 11 is 0. The van der Waals surface area contributed by atoms with Crippen LogP contribution in [0.3, 0.4) is 0 Å². The SMILES string of the molecule is Br.CN1CC(O)(c2ccc(C3CCCCC3)cc2)OC2CCCCC21. The van der Waals surface area contributed by atoms with Gasteiger partial charge < -0.3 is 9.84 Å². The number of hydrogen-bond acceptors (Lipinski definition) is 3. The van der Waals surface area contributed by atoms with Crippen molar-refractivity contribution >= 4 is 17.0 Å². The molecule has 25 heavy (non-hydrogen) atoms. The lowest BCUT2D eigenvalue weighted by Gasteiger charge is -2.49. The second kappa shape index (κ2) is 8.08. The molecule has 1 aromatic rings. The van der Waals surface area contributed by atoms with Crippen LogP contribution in [0.25, 0.3) is 0 Å². The van der Waals surface area contributed by atoms with Crippen molar-refractivity contribution in [2.24, 2.45) is 0 Å². The first kappa shape index (κ1) is 19.3. The van der Waals surface area contributed by atoms with Gasteiger partial charge in [-0.2, -0.15) is 0 Å². The minimum Gasteiger partial charge on any atom is -0.361 e. The van der Waals surface area contributed by atoms with Gasteiger partial charge in [0.2, 0.25) is 5.79 Å². The highest BCUT2D eigenvalue weighted by molar-refractivity contribution is 8.93. The van der Waals surface area contributed by atoms with E-state index in [1.54, 1.807) is 0 Å². The van der Waals surface area contributed by atoms with Crippen molar-refractivity contribution < 1.29 is 9.84 Å². The summed E-state index contributed by atoms with van der Waals surface area (Å²) in [6, 6.07) is 9.11. The third-order valence-electron chi connectivity index (χ3n) is 6.48. The van der Waals surface area contributed by atoms with Crippen LogP contribution in [0.5, 0.6) is 0 Å². The summed E-state index contributed by atoms with van der Waals surface area (Å²) in [6.45, 7) is 0.566. The summed E-state index contributed by atoms with van der Waals surface area (Å²) < 4.78 is 6.23. The number of β-amino-alcohol motifs (C(OH)–C–C–N with tert-alkyl or cyclic N) is 1. The maximum absolute atomic E-state index is 11.2. The monoisotopic (exact) mass is 409 g/mol. The van der Waals surface area contributed by atoms with Gasteiger partial charge >= 0.3 is 0 Å². The van der Waals surface area contributed by atoms with Gasteiger partial charge in [-0.15, -0.1) is 17.0 Å². The Kier molecular flexibility index (Phi) is 6.25. The number of rotatable bonds is 2. The summed E-state index contributed by atoms with van der Waals surface area (Å²) in [5, 5.41) is 11.2. The molecule has 0 spiro atoms. The predicted molar refractivity (Wildman–Crippen MR) is 106 cm³/mol. The molecule has 1 heterocycles.